The molecule has 2 heterocycles. The van der Waals surface area contributed by atoms with E-state index in [0.29, 0.717) is 11.7 Å². The van der Waals surface area contributed by atoms with Gasteiger partial charge in [0.05, 0.1) is 31.2 Å². The van der Waals surface area contributed by atoms with Crippen molar-refractivity contribution >= 4 is 21.4 Å². The fourth-order valence-electron chi connectivity index (χ4n) is 3.71. The summed E-state index contributed by atoms with van der Waals surface area (Å²) in [4.78, 5) is 16.6. The van der Waals surface area contributed by atoms with E-state index in [4.69, 9.17) is 4.74 Å². The van der Waals surface area contributed by atoms with Crippen molar-refractivity contribution in [3.05, 3.63) is 24.3 Å². The maximum absolute atomic E-state index is 12.8. The minimum atomic E-state index is -3.14. The monoisotopic (exact) mass is 366 g/mol. The zero-order valence-electron chi connectivity index (χ0n) is 15.0. The van der Waals surface area contributed by atoms with Gasteiger partial charge in [-0.15, -0.1) is 0 Å². The Bertz CT molecular complexity index is 730. The summed E-state index contributed by atoms with van der Waals surface area (Å²) in [7, 11) is -1.55. The zero-order valence-corrected chi connectivity index (χ0v) is 15.8. The quantitative estimate of drug-likeness (QED) is 0.791. The molecule has 25 heavy (non-hydrogen) atoms. The molecule has 138 valence electrons. The van der Waals surface area contributed by atoms with Crippen LogP contribution in [0.15, 0.2) is 24.3 Å². The molecule has 0 aliphatic carbocycles. The molecule has 0 unspecified atom stereocenters. The van der Waals surface area contributed by atoms with Crippen LogP contribution in [-0.2, 0) is 14.6 Å². The van der Waals surface area contributed by atoms with Gasteiger partial charge < -0.3 is 9.64 Å². The maximum Gasteiger partial charge on any atom is 0.241 e. The van der Waals surface area contributed by atoms with Crippen LogP contribution in [0.25, 0.3) is 0 Å². The van der Waals surface area contributed by atoms with E-state index in [9.17, 15) is 13.2 Å². The van der Waals surface area contributed by atoms with Crippen LogP contribution in [0.1, 0.15) is 20.3 Å². The summed E-state index contributed by atoms with van der Waals surface area (Å²) in [6.07, 6.45) is 0.957. The Morgan fingerprint density at radius 2 is 1.80 bits per heavy atom. The van der Waals surface area contributed by atoms with E-state index >= 15 is 0 Å². The fraction of sp³-hybridized carbons (Fsp3) is 0.611. The van der Waals surface area contributed by atoms with Gasteiger partial charge in [-0.05, 0) is 43.1 Å². The van der Waals surface area contributed by atoms with Crippen LogP contribution in [0.4, 0.5) is 5.69 Å². The second kappa shape index (κ2) is 6.96. The average Bonchev–Trinajstić information content (AvgIpc) is 2.88. The number of methoxy groups -OCH3 is 1. The summed E-state index contributed by atoms with van der Waals surface area (Å²) < 4.78 is 29.7. The van der Waals surface area contributed by atoms with Crippen molar-refractivity contribution < 1.29 is 17.9 Å². The number of piperazine rings is 1. The molecule has 1 aromatic rings. The Hall–Kier alpha value is -1.60. The Labute approximate surface area is 149 Å². The fourth-order valence-corrected chi connectivity index (χ4v) is 5.69. The van der Waals surface area contributed by atoms with Crippen LogP contribution in [0, 0.1) is 5.92 Å². The SMILES string of the molecule is COc1ccc(N2C(=O)CN(CCC(C)C)[C@H]3CS(=O)(=O)C[C@@H]32)cc1. The van der Waals surface area contributed by atoms with Gasteiger partial charge in [-0.1, -0.05) is 13.8 Å². The van der Waals surface area contributed by atoms with Gasteiger partial charge in [-0.3, -0.25) is 9.69 Å². The van der Waals surface area contributed by atoms with Gasteiger partial charge in [0.15, 0.2) is 9.84 Å². The average molecular weight is 366 g/mol. The number of rotatable bonds is 5. The van der Waals surface area contributed by atoms with Crippen molar-refractivity contribution in [3.8, 4) is 5.75 Å². The van der Waals surface area contributed by atoms with Crippen LogP contribution in [0.5, 0.6) is 5.75 Å². The van der Waals surface area contributed by atoms with E-state index in [1.54, 1.807) is 24.1 Å². The van der Waals surface area contributed by atoms with Crippen LogP contribution < -0.4 is 9.64 Å². The molecule has 7 heteroatoms. The number of carbonyl (C=O) groups excluding carboxylic acids is 1. The molecule has 0 radical (unpaired) electrons. The predicted molar refractivity (Wildman–Crippen MR) is 97.7 cm³/mol. The van der Waals surface area contributed by atoms with Crippen molar-refractivity contribution in [3.63, 3.8) is 0 Å². The van der Waals surface area contributed by atoms with E-state index in [1.165, 1.54) is 0 Å². The van der Waals surface area contributed by atoms with E-state index in [1.807, 2.05) is 12.1 Å². The highest BCUT2D eigenvalue weighted by molar-refractivity contribution is 7.91. The topological polar surface area (TPSA) is 66.9 Å². The lowest BCUT2D eigenvalue weighted by Crippen LogP contribution is -2.62. The summed E-state index contributed by atoms with van der Waals surface area (Å²) in [5.41, 5.74) is 0.737. The highest BCUT2D eigenvalue weighted by Gasteiger charge is 2.49. The smallest absolute Gasteiger partial charge is 0.241 e. The summed E-state index contributed by atoms with van der Waals surface area (Å²) in [6, 6.07) is 6.80. The Kier molecular flexibility index (Phi) is 5.06. The molecule has 0 bridgehead atoms. The highest BCUT2D eigenvalue weighted by atomic mass is 32.2. The number of ether oxygens (including phenoxy) is 1. The van der Waals surface area contributed by atoms with Crippen LogP contribution in [-0.4, -0.2) is 63.0 Å². The Morgan fingerprint density at radius 1 is 1.16 bits per heavy atom. The first-order valence-corrected chi connectivity index (χ1v) is 10.5. The number of carbonyl (C=O) groups is 1. The van der Waals surface area contributed by atoms with E-state index in [-0.39, 0.29) is 36.0 Å². The minimum absolute atomic E-state index is 0.0349. The van der Waals surface area contributed by atoms with Gasteiger partial charge >= 0.3 is 0 Å². The zero-order chi connectivity index (χ0) is 18.2. The lowest BCUT2D eigenvalue weighted by molar-refractivity contribution is -0.123. The first-order chi connectivity index (χ1) is 11.8. The van der Waals surface area contributed by atoms with Gasteiger partial charge in [0.25, 0.3) is 0 Å². The lowest BCUT2D eigenvalue weighted by Gasteiger charge is -2.43. The van der Waals surface area contributed by atoms with Crippen molar-refractivity contribution in [2.45, 2.75) is 32.4 Å². The molecule has 3 rings (SSSR count). The third kappa shape index (κ3) is 3.82. The van der Waals surface area contributed by atoms with Gasteiger partial charge in [0, 0.05) is 11.7 Å². The van der Waals surface area contributed by atoms with Crippen molar-refractivity contribution in [1.29, 1.82) is 0 Å². The number of hydrogen-bond donors (Lipinski definition) is 0. The molecule has 0 saturated carbocycles. The van der Waals surface area contributed by atoms with Crippen LogP contribution >= 0.6 is 0 Å². The van der Waals surface area contributed by atoms with E-state index < -0.39 is 9.84 Å². The molecule has 1 amide bonds. The molecule has 0 N–H and O–H groups in total. The molecule has 2 fully saturated rings. The van der Waals surface area contributed by atoms with Crippen LogP contribution in [0.2, 0.25) is 0 Å². The number of benzene rings is 1. The van der Waals surface area contributed by atoms with Gasteiger partial charge in [0.1, 0.15) is 5.75 Å². The number of amides is 1. The van der Waals surface area contributed by atoms with E-state index in [0.717, 1.165) is 18.7 Å². The minimum Gasteiger partial charge on any atom is -0.497 e. The largest absolute Gasteiger partial charge is 0.497 e. The lowest BCUT2D eigenvalue weighted by atomic mass is 10.0. The summed E-state index contributed by atoms with van der Waals surface area (Å²) >= 11 is 0. The standard InChI is InChI=1S/C18H26N2O4S/c1-13(2)8-9-19-10-18(21)20(14-4-6-15(24-3)7-5-14)17-12-25(22,23)11-16(17)19/h4-7,13,16-17H,8-12H2,1-3H3/t16-,17-/m0/s1. The number of fused-ring (bicyclic) bond motifs is 1. The summed E-state index contributed by atoms with van der Waals surface area (Å²) in [5.74, 6) is 1.37. The molecule has 1 aromatic carbocycles. The number of sulfone groups is 1. The molecule has 2 aliphatic rings. The Balaban J connectivity index is 1.89. The van der Waals surface area contributed by atoms with Gasteiger partial charge in [-0.2, -0.15) is 0 Å². The molecule has 2 aliphatic heterocycles. The normalized spacial score (nSPS) is 26.1. The van der Waals surface area contributed by atoms with Crippen molar-refractivity contribution in [2.75, 3.05) is 36.6 Å². The Morgan fingerprint density at radius 3 is 2.40 bits per heavy atom. The molecule has 0 spiro atoms. The number of anilines is 1. The number of nitrogens with zero attached hydrogens (tertiary/aromatic N) is 2. The van der Waals surface area contributed by atoms with Crippen molar-refractivity contribution in [1.82, 2.24) is 4.90 Å². The molecule has 2 saturated heterocycles. The third-order valence-corrected chi connectivity index (χ3v) is 6.74. The van der Waals surface area contributed by atoms with Crippen molar-refractivity contribution in [2.24, 2.45) is 5.92 Å². The van der Waals surface area contributed by atoms with Gasteiger partial charge in [-0.25, -0.2) is 8.42 Å². The summed E-state index contributed by atoms with van der Waals surface area (Å²) in [5, 5.41) is 0. The highest BCUT2D eigenvalue weighted by Crippen LogP contribution is 2.32. The second-order valence-corrected chi connectivity index (χ2v) is 9.48. The number of hydrogen-bond acceptors (Lipinski definition) is 5. The molecular weight excluding hydrogens is 340 g/mol. The molecule has 0 aromatic heterocycles. The molecular formula is C18H26N2O4S. The third-order valence-electron chi connectivity index (χ3n) is 5.05. The maximum atomic E-state index is 12.8. The van der Waals surface area contributed by atoms with Gasteiger partial charge in [0.2, 0.25) is 5.91 Å². The second-order valence-electron chi connectivity index (χ2n) is 7.33. The first-order valence-electron chi connectivity index (χ1n) is 8.71. The molecule has 2 atom stereocenters. The predicted octanol–water partition coefficient (Wildman–Crippen LogP) is 1.56. The first kappa shape index (κ1) is 18.2. The molecule has 6 nitrogen and oxygen atoms in total. The van der Waals surface area contributed by atoms with E-state index in [2.05, 4.69) is 18.7 Å². The van der Waals surface area contributed by atoms with Crippen LogP contribution in [0.3, 0.4) is 0 Å². The summed E-state index contributed by atoms with van der Waals surface area (Å²) in [6.45, 7) is 5.31.